The highest BCUT2D eigenvalue weighted by Gasteiger charge is 2.56. The summed E-state index contributed by atoms with van der Waals surface area (Å²) < 4.78 is 42.6. The molecule has 0 aliphatic carbocycles. The highest BCUT2D eigenvalue weighted by Crippen LogP contribution is 2.48. The zero-order valence-electron chi connectivity index (χ0n) is 17.2. The van der Waals surface area contributed by atoms with Crippen molar-refractivity contribution in [3.05, 3.63) is 83.9 Å². The van der Waals surface area contributed by atoms with E-state index in [-0.39, 0.29) is 29.2 Å². The standard InChI is InChI=1S/C24H22O6S/c1-28-17-12-13-19(22(16-17)29-2)23(25)24(31(26,27)18-8-4-3-5-9-18)14-15-30-21-11-7-6-10-20(21)24/h3-13,16H,14-15H2,1-2H3. The maximum Gasteiger partial charge on any atom is 0.196 e. The summed E-state index contributed by atoms with van der Waals surface area (Å²) in [4.78, 5) is 14.2. The first kappa shape index (κ1) is 20.9. The first-order valence-corrected chi connectivity index (χ1v) is 11.2. The van der Waals surface area contributed by atoms with E-state index >= 15 is 0 Å². The van der Waals surface area contributed by atoms with Crippen LogP contribution in [0, 0.1) is 0 Å². The number of benzene rings is 3. The quantitative estimate of drug-likeness (QED) is 0.541. The van der Waals surface area contributed by atoms with Crippen LogP contribution in [0.2, 0.25) is 0 Å². The van der Waals surface area contributed by atoms with E-state index in [0.717, 1.165) is 0 Å². The Balaban J connectivity index is 2.02. The predicted molar refractivity (Wildman–Crippen MR) is 116 cm³/mol. The van der Waals surface area contributed by atoms with Gasteiger partial charge in [-0.1, -0.05) is 36.4 Å². The highest BCUT2D eigenvalue weighted by atomic mass is 32.2. The van der Waals surface area contributed by atoms with Gasteiger partial charge in [0.15, 0.2) is 20.4 Å². The molecule has 31 heavy (non-hydrogen) atoms. The summed E-state index contributed by atoms with van der Waals surface area (Å²) in [5, 5.41) is 0. The van der Waals surface area contributed by atoms with Crippen molar-refractivity contribution in [3.63, 3.8) is 0 Å². The van der Waals surface area contributed by atoms with Gasteiger partial charge in [0, 0.05) is 18.1 Å². The zero-order chi connectivity index (χ0) is 22.1. The Labute approximate surface area is 181 Å². The third-order valence-corrected chi connectivity index (χ3v) is 7.99. The van der Waals surface area contributed by atoms with E-state index in [4.69, 9.17) is 14.2 Å². The Morgan fingerprint density at radius 2 is 1.65 bits per heavy atom. The predicted octanol–water partition coefficient (Wildman–Crippen LogP) is 4.04. The van der Waals surface area contributed by atoms with Crippen LogP contribution in [0.1, 0.15) is 22.3 Å². The first-order chi connectivity index (χ1) is 15.0. The number of methoxy groups -OCH3 is 2. The molecule has 0 N–H and O–H groups in total. The summed E-state index contributed by atoms with van der Waals surface area (Å²) in [7, 11) is -1.20. The number of rotatable bonds is 6. The lowest BCUT2D eigenvalue weighted by molar-refractivity contribution is 0.0898. The summed E-state index contributed by atoms with van der Waals surface area (Å²) in [5.41, 5.74) is 0.493. The van der Waals surface area contributed by atoms with Gasteiger partial charge in [-0.15, -0.1) is 0 Å². The Bertz CT molecular complexity index is 1220. The zero-order valence-corrected chi connectivity index (χ0v) is 18.0. The molecule has 0 aromatic heterocycles. The minimum absolute atomic E-state index is 0.0186. The summed E-state index contributed by atoms with van der Waals surface area (Å²) in [6.07, 6.45) is -0.0186. The number of hydrogen-bond acceptors (Lipinski definition) is 6. The lowest BCUT2D eigenvalue weighted by Crippen LogP contribution is -2.47. The largest absolute Gasteiger partial charge is 0.497 e. The van der Waals surface area contributed by atoms with Crippen LogP contribution in [0.25, 0.3) is 0 Å². The summed E-state index contributed by atoms with van der Waals surface area (Å²) >= 11 is 0. The van der Waals surface area contributed by atoms with E-state index in [0.29, 0.717) is 17.1 Å². The van der Waals surface area contributed by atoms with Gasteiger partial charge in [0.1, 0.15) is 17.2 Å². The first-order valence-electron chi connectivity index (χ1n) is 9.74. The summed E-state index contributed by atoms with van der Waals surface area (Å²) in [5.74, 6) is 0.567. The van der Waals surface area contributed by atoms with Crippen LogP contribution in [-0.4, -0.2) is 35.0 Å². The molecule has 6 nitrogen and oxygen atoms in total. The van der Waals surface area contributed by atoms with Gasteiger partial charge in [0.05, 0.1) is 31.3 Å². The Morgan fingerprint density at radius 3 is 2.35 bits per heavy atom. The average molecular weight is 439 g/mol. The smallest absolute Gasteiger partial charge is 0.196 e. The third kappa shape index (κ3) is 3.25. The number of para-hydroxylation sites is 1. The van der Waals surface area contributed by atoms with E-state index in [9.17, 15) is 13.2 Å². The molecule has 0 saturated carbocycles. The minimum Gasteiger partial charge on any atom is -0.497 e. The van der Waals surface area contributed by atoms with E-state index in [1.165, 1.54) is 26.4 Å². The number of hydrogen-bond donors (Lipinski definition) is 0. The number of carbonyl (C=O) groups is 1. The van der Waals surface area contributed by atoms with Crippen molar-refractivity contribution in [2.45, 2.75) is 16.1 Å². The number of ketones is 1. The van der Waals surface area contributed by atoms with Gasteiger partial charge in [-0.05, 0) is 30.3 Å². The second-order valence-electron chi connectivity index (χ2n) is 7.13. The van der Waals surface area contributed by atoms with Crippen molar-refractivity contribution in [3.8, 4) is 17.2 Å². The van der Waals surface area contributed by atoms with Gasteiger partial charge >= 0.3 is 0 Å². The molecule has 7 heteroatoms. The number of fused-ring (bicyclic) bond motifs is 1. The van der Waals surface area contributed by atoms with Crippen LogP contribution in [0.4, 0.5) is 0 Å². The van der Waals surface area contributed by atoms with E-state index < -0.39 is 20.4 Å². The Morgan fingerprint density at radius 1 is 0.935 bits per heavy atom. The Kier molecular flexibility index (Phi) is 5.45. The molecule has 0 fully saturated rings. The normalized spacial score (nSPS) is 17.9. The van der Waals surface area contributed by atoms with Crippen LogP contribution < -0.4 is 14.2 Å². The van der Waals surface area contributed by atoms with Crippen molar-refractivity contribution in [1.82, 2.24) is 0 Å². The fourth-order valence-electron chi connectivity index (χ4n) is 4.01. The van der Waals surface area contributed by atoms with E-state index in [1.54, 1.807) is 60.7 Å². The number of carbonyl (C=O) groups excluding carboxylic acids is 1. The molecule has 1 atom stereocenters. The van der Waals surface area contributed by atoms with Crippen molar-refractivity contribution in [2.24, 2.45) is 0 Å². The molecule has 0 radical (unpaired) electrons. The fraction of sp³-hybridized carbons (Fsp3) is 0.208. The van der Waals surface area contributed by atoms with Gasteiger partial charge in [-0.25, -0.2) is 8.42 Å². The lowest BCUT2D eigenvalue weighted by atomic mass is 9.85. The number of sulfone groups is 1. The molecular weight excluding hydrogens is 416 g/mol. The van der Waals surface area contributed by atoms with Crippen LogP contribution in [-0.2, 0) is 14.6 Å². The van der Waals surface area contributed by atoms with Gasteiger partial charge in [0.25, 0.3) is 0 Å². The average Bonchev–Trinajstić information content (AvgIpc) is 2.83. The SMILES string of the molecule is COc1ccc(C(=O)C2(S(=O)(=O)c3ccccc3)CCOc3ccccc32)c(OC)c1. The van der Waals surface area contributed by atoms with Gasteiger partial charge < -0.3 is 14.2 Å². The molecule has 0 saturated heterocycles. The molecule has 1 aliphatic heterocycles. The van der Waals surface area contributed by atoms with Gasteiger partial charge in [-0.3, -0.25) is 4.79 Å². The minimum atomic E-state index is -4.14. The van der Waals surface area contributed by atoms with Crippen LogP contribution >= 0.6 is 0 Å². The van der Waals surface area contributed by atoms with Gasteiger partial charge in [-0.2, -0.15) is 0 Å². The number of ether oxygens (including phenoxy) is 3. The molecule has 0 bridgehead atoms. The molecule has 3 aromatic carbocycles. The van der Waals surface area contributed by atoms with E-state index in [2.05, 4.69) is 0 Å². The van der Waals surface area contributed by atoms with Crippen molar-refractivity contribution >= 4 is 15.6 Å². The molecule has 160 valence electrons. The second-order valence-corrected chi connectivity index (χ2v) is 9.31. The number of Topliss-reactive ketones (excluding diaryl/α,β-unsaturated/α-hetero) is 1. The van der Waals surface area contributed by atoms with Crippen molar-refractivity contribution in [2.75, 3.05) is 20.8 Å². The van der Waals surface area contributed by atoms with Crippen LogP contribution in [0.5, 0.6) is 17.2 Å². The molecule has 1 heterocycles. The van der Waals surface area contributed by atoms with Crippen LogP contribution in [0.15, 0.2) is 77.7 Å². The molecular formula is C24H22O6S. The third-order valence-electron chi connectivity index (χ3n) is 5.57. The maximum atomic E-state index is 14.1. The second kappa shape index (κ2) is 8.07. The highest BCUT2D eigenvalue weighted by molar-refractivity contribution is 7.93. The summed E-state index contributed by atoms with van der Waals surface area (Å²) in [6, 6.07) is 19.5. The molecule has 1 aliphatic rings. The maximum absolute atomic E-state index is 14.1. The Hall–Kier alpha value is -3.32. The molecule has 4 rings (SSSR count). The summed E-state index contributed by atoms with van der Waals surface area (Å²) in [6.45, 7) is 0.0906. The van der Waals surface area contributed by atoms with Gasteiger partial charge in [0.2, 0.25) is 0 Å². The molecule has 1 unspecified atom stereocenters. The van der Waals surface area contributed by atoms with Crippen molar-refractivity contribution in [1.29, 1.82) is 0 Å². The molecule has 3 aromatic rings. The monoisotopic (exact) mass is 438 g/mol. The van der Waals surface area contributed by atoms with Crippen molar-refractivity contribution < 1.29 is 27.4 Å². The fourth-order valence-corrected chi connectivity index (χ4v) is 6.09. The van der Waals surface area contributed by atoms with Crippen LogP contribution in [0.3, 0.4) is 0 Å². The molecule has 0 spiro atoms. The topological polar surface area (TPSA) is 78.9 Å². The van der Waals surface area contributed by atoms with E-state index in [1.807, 2.05) is 0 Å². The molecule has 0 amide bonds. The lowest BCUT2D eigenvalue weighted by Gasteiger charge is -2.37.